The third kappa shape index (κ3) is 4.39. The minimum Gasteiger partial charge on any atom is -0.494 e. The first kappa shape index (κ1) is 20.4. The molecule has 150 valence electrons. The number of ether oxygens (including phenoxy) is 1. The molecule has 0 fully saturated rings. The average molecular weight is 402 g/mol. The van der Waals surface area contributed by atoms with E-state index >= 15 is 0 Å². The molecule has 9 nitrogen and oxygen atoms in total. The van der Waals surface area contributed by atoms with Crippen molar-refractivity contribution >= 4 is 12.1 Å². The van der Waals surface area contributed by atoms with Crippen LogP contribution in [0.5, 0.6) is 5.75 Å². The number of hydrogen-bond donors (Lipinski definition) is 1. The van der Waals surface area contributed by atoms with Gasteiger partial charge in [0.15, 0.2) is 5.69 Å². The van der Waals surface area contributed by atoms with Crippen molar-refractivity contribution in [1.82, 2.24) is 20.2 Å². The highest BCUT2D eigenvalue weighted by Crippen LogP contribution is 2.15. The van der Waals surface area contributed by atoms with E-state index in [-0.39, 0.29) is 16.8 Å². The van der Waals surface area contributed by atoms with E-state index in [0.29, 0.717) is 23.6 Å². The summed E-state index contributed by atoms with van der Waals surface area (Å²) in [4.78, 5) is 29.2. The number of rotatable bonds is 6. The van der Waals surface area contributed by atoms with Crippen LogP contribution < -0.4 is 15.7 Å². The Morgan fingerprint density at radius 2 is 2.10 bits per heavy atom. The number of hydrazone groups is 1. The summed E-state index contributed by atoms with van der Waals surface area (Å²) in [5, 5.41) is 17.5. The maximum atomic E-state index is 12.7. The number of pyridine rings is 1. The quantitative estimate of drug-likeness (QED) is 0.497. The highest BCUT2D eigenvalue weighted by Gasteiger charge is 2.20. The smallest absolute Gasteiger partial charge is 0.292 e. The Morgan fingerprint density at radius 1 is 1.33 bits per heavy atom. The van der Waals surface area contributed by atoms with E-state index in [1.165, 1.54) is 13.1 Å². The summed E-state index contributed by atoms with van der Waals surface area (Å²) in [5.41, 5.74) is 2.77. The second-order valence-electron chi connectivity index (χ2n) is 6.09. The molecule has 2 heterocycles. The molecule has 1 aromatic carbocycles. The maximum Gasteiger partial charge on any atom is 0.292 e. The molecular formula is C21H18N6O3. The molecule has 0 saturated heterocycles. The lowest BCUT2D eigenvalue weighted by Gasteiger charge is -2.11. The molecule has 0 saturated carbocycles. The molecule has 0 bridgehead atoms. The Balaban J connectivity index is 1.95. The summed E-state index contributed by atoms with van der Waals surface area (Å²) in [5.74, 6) is -0.0200. The molecule has 1 N–H and O–H groups in total. The van der Waals surface area contributed by atoms with Gasteiger partial charge in [0.05, 0.1) is 18.5 Å². The number of benzene rings is 1. The molecule has 0 unspecified atom stereocenters. The van der Waals surface area contributed by atoms with Crippen LogP contribution in [0, 0.1) is 18.3 Å². The highest BCUT2D eigenvalue weighted by molar-refractivity contribution is 5.94. The molecule has 0 aliphatic rings. The molecule has 2 aromatic heterocycles. The number of nitriles is 1. The van der Waals surface area contributed by atoms with Crippen molar-refractivity contribution in [2.45, 2.75) is 13.8 Å². The molecule has 9 heteroatoms. The van der Waals surface area contributed by atoms with Gasteiger partial charge in [-0.1, -0.05) is 6.07 Å². The molecule has 0 aliphatic carbocycles. The summed E-state index contributed by atoms with van der Waals surface area (Å²) in [7, 11) is 0. The first-order valence-electron chi connectivity index (χ1n) is 9.05. The highest BCUT2D eigenvalue weighted by atomic mass is 16.5. The van der Waals surface area contributed by atoms with Crippen LogP contribution in [0.3, 0.4) is 0 Å². The number of amides is 1. The van der Waals surface area contributed by atoms with Gasteiger partial charge in [-0.15, -0.1) is 0 Å². The van der Waals surface area contributed by atoms with Crippen molar-refractivity contribution in [2.24, 2.45) is 5.10 Å². The Kier molecular flexibility index (Phi) is 6.29. The number of carbonyl (C=O) groups is 1. The van der Waals surface area contributed by atoms with Gasteiger partial charge in [-0.05, 0) is 44.2 Å². The van der Waals surface area contributed by atoms with Gasteiger partial charge >= 0.3 is 0 Å². The largest absolute Gasteiger partial charge is 0.494 e. The SMILES string of the molecule is CCOc1ccc(-n2nc(C(=O)N/N=C/c3cccnc3)c(C)c(C#N)c2=O)cc1. The first-order valence-corrected chi connectivity index (χ1v) is 9.05. The lowest BCUT2D eigenvalue weighted by Crippen LogP contribution is -2.31. The topological polar surface area (TPSA) is 122 Å². The Morgan fingerprint density at radius 3 is 2.73 bits per heavy atom. The minimum atomic E-state index is -0.649. The fraction of sp³-hybridized carbons (Fsp3) is 0.143. The standard InChI is InChI=1S/C21H18N6O3/c1-3-30-17-8-6-16(7-9-17)27-21(29)18(11-22)14(2)19(26-27)20(28)25-24-13-15-5-4-10-23-12-15/h4-10,12-13H,3H2,1-2H3,(H,25,28)/b24-13+. The van der Waals surface area contributed by atoms with Crippen LogP contribution in [0.2, 0.25) is 0 Å². The maximum absolute atomic E-state index is 12.7. The Labute approximate surface area is 172 Å². The second kappa shape index (κ2) is 9.25. The zero-order valence-electron chi connectivity index (χ0n) is 16.4. The number of nitrogens with one attached hydrogen (secondary N) is 1. The fourth-order valence-electron chi connectivity index (χ4n) is 2.65. The number of carbonyl (C=O) groups excluding carboxylic acids is 1. The summed E-state index contributed by atoms with van der Waals surface area (Å²) in [6, 6.07) is 12.0. The molecule has 0 radical (unpaired) electrons. The molecule has 3 rings (SSSR count). The van der Waals surface area contributed by atoms with Crippen LogP contribution in [0.4, 0.5) is 0 Å². The van der Waals surface area contributed by atoms with Gasteiger partial charge in [0.2, 0.25) is 0 Å². The fourth-order valence-corrected chi connectivity index (χ4v) is 2.65. The minimum absolute atomic E-state index is 0.0802. The van der Waals surface area contributed by atoms with Crippen molar-refractivity contribution < 1.29 is 9.53 Å². The number of aromatic nitrogens is 3. The Hall–Kier alpha value is -4.32. The van der Waals surface area contributed by atoms with Gasteiger partial charge in [-0.2, -0.15) is 20.1 Å². The number of hydrogen-bond acceptors (Lipinski definition) is 7. The van der Waals surface area contributed by atoms with Crippen molar-refractivity contribution in [2.75, 3.05) is 6.61 Å². The van der Waals surface area contributed by atoms with E-state index in [1.54, 1.807) is 48.8 Å². The molecule has 0 atom stereocenters. The van der Waals surface area contributed by atoms with Crippen LogP contribution in [-0.2, 0) is 0 Å². The summed E-state index contributed by atoms with van der Waals surface area (Å²) in [6.45, 7) is 3.86. The molecule has 30 heavy (non-hydrogen) atoms. The van der Waals surface area contributed by atoms with E-state index in [0.717, 1.165) is 4.68 Å². The molecule has 1 amide bonds. The summed E-state index contributed by atoms with van der Waals surface area (Å²) < 4.78 is 6.40. The molecule has 0 spiro atoms. The van der Waals surface area contributed by atoms with Crippen molar-refractivity contribution in [3.63, 3.8) is 0 Å². The average Bonchev–Trinajstić information content (AvgIpc) is 2.76. The predicted molar refractivity (Wildman–Crippen MR) is 110 cm³/mol. The van der Waals surface area contributed by atoms with E-state index in [4.69, 9.17) is 4.74 Å². The van der Waals surface area contributed by atoms with Gasteiger partial charge in [-0.25, -0.2) is 5.43 Å². The van der Waals surface area contributed by atoms with Gasteiger partial charge < -0.3 is 4.74 Å². The molecule has 3 aromatic rings. The zero-order valence-corrected chi connectivity index (χ0v) is 16.4. The monoisotopic (exact) mass is 402 g/mol. The van der Waals surface area contributed by atoms with Gasteiger partial charge in [0, 0.05) is 23.5 Å². The lowest BCUT2D eigenvalue weighted by molar-refractivity contribution is 0.0947. The first-order chi connectivity index (χ1) is 14.5. The molecular weight excluding hydrogens is 384 g/mol. The van der Waals surface area contributed by atoms with Crippen molar-refractivity contribution in [3.8, 4) is 17.5 Å². The summed E-state index contributed by atoms with van der Waals surface area (Å²) >= 11 is 0. The van der Waals surface area contributed by atoms with Crippen molar-refractivity contribution in [1.29, 1.82) is 5.26 Å². The molecule has 0 aliphatic heterocycles. The third-order valence-electron chi connectivity index (χ3n) is 4.12. The van der Waals surface area contributed by atoms with E-state index in [9.17, 15) is 14.9 Å². The van der Waals surface area contributed by atoms with Crippen LogP contribution in [-0.4, -0.2) is 33.5 Å². The van der Waals surface area contributed by atoms with Gasteiger partial charge in [0.25, 0.3) is 11.5 Å². The summed E-state index contributed by atoms with van der Waals surface area (Å²) in [6.07, 6.45) is 4.63. The van der Waals surface area contributed by atoms with Crippen LogP contribution in [0.25, 0.3) is 5.69 Å². The zero-order chi connectivity index (χ0) is 21.5. The van der Waals surface area contributed by atoms with E-state index in [2.05, 4.69) is 20.6 Å². The van der Waals surface area contributed by atoms with Gasteiger partial charge in [0.1, 0.15) is 17.4 Å². The van der Waals surface area contributed by atoms with E-state index in [1.807, 2.05) is 13.0 Å². The van der Waals surface area contributed by atoms with Crippen LogP contribution in [0.1, 0.15) is 34.1 Å². The second-order valence-corrected chi connectivity index (χ2v) is 6.09. The van der Waals surface area contributed by atoms with Gasteiger partial charge in [-0.3, -0.25) is 14.6 Å². The predicted octanol–water partition coefficient (Wildman–Crippen LogP) is 1.97. The third-order valence-corrected chi connectivity index (χ3v) is 4.12. The normalized spacial score (nSPS) is 10.6. The lowest BCUT2D eigenvalue weighted by atomic mass is 10.1. The van der Waals surface area contributed by atoms with Crippen LogP contribution >= 0.6 is 0 Å². The van der Waals surface area contributed by atoms with E-state index < -0.39 is 11.5 Å². The van der Waals surface area contributed by atoms with Crippen molar-refractivity contribution in [3.05, 3.63) is 81.5 Å². The number of nitrogens with zero attached hydrogens (tertiary/aromatic N) is 5. The van der Waals surface area contributed by atoms with Crippen LogP contribution in [0.15, 0.2) is 58.7 Å². The Bertz CT molecular complexity index is 1180.